The monoisotopic (exact) mass is 527 g/mol. The predicted molar refractivity (Wildman–Crippen MR) is 154 cm³/mol. The molecule has 2 saturated heterocycles. The van der Waals surface area contributed by atoms with Gasteiger partial charge in [0.25, 0.3) is 5.91 Å². The van der Waals surface area contributed by atoms with Gasteiger partial charge in [0.15, 0.2) is 0 Å². The number of pyridine rings is 1. The molecule has 2 aliphatic rings. The van der Waals surface area contributed by atoms with Gasteiger partial charge in [0, 0.05) is 82.9 Å². The number of carbonyl (C=O) groups excluding carboxylic acids is 1. The number of rotatable bonds is 8. The molecular formula is C32H38FN5O. The van der Waals surface area contributed by atoms with Crippen molar-refractivity contribution in [1.82, 2.24) is 24.6 Å². The lowest BCUT2D eigenvalue weighted by molar-refractivity contribution is 0.0632. The maximum atomic E-state index is 13.2. The van der Waals surface area contributed by atoms with Crippen LogP contribution in [0.5, 0.6) is 0 Å². The Balaban J connectivity index is 1.10. The third-order valence-electron chi connectivity index (χ3n) is 7.80. The molecule has 6 nitrogen and oxygen atoms in total. The van der Waals surface area contributed by atoms with Crippen LogP contribution in [0.3, 0.4) is 0 Å². The van der Waals surface area contributed by atoms with Crippen molar-refractivity contribution >= 4 is 11.6 Å². The topological polar surface area (TPSA) is 42.9 Å². The minimum atomic E-state index is -0.195. The first-order valence-corrected chi connectivity index (χ1v) is 14.0. The smallest absolute Gasteiger partial charge is 0.272 e. The van der Waals surface area contributed by atoms with E-state index in [2.05, 4.69) is 56.9 Å². The second kappa shape index (κ2) is 13.0. The van der Waals surface area contributed by atoms with Crippen molar-refractivity contribution in [1.29, 1.82) is 0 Å². The van der Waals surface area contributed by atoms with Gasteiger partial charge in [-0.1, -0.05) is 48.5 Å². The number of amides is 1. The number of aromatic nitrogens is 1. The minimum absolute atomic E-state index is 0.0145. The molecule has 1 amide bonds. The molecule has 2 aromatic carbocycles. The van der Waals surface area contributed by atoms with E-state index in [4.69, 9.17) is 0 Å². The standard InChI is InChI=1S/C32H38FN5O/c1-2-31(37-20-18-36(19-21-37)25-27-8-11-29(33)12-9-27)28-10-13-30(34-24-28)32(39)38-22-16-35(17-23-38)15-14-26-6-4-3-5-7-26/h2-13,24H,14-23,25H2,1H3/b31-2+. The van der Waals surface area contributed by atoms with E-state index in [0.717, 1.165) is 88.7 Å². The molecule has 0 spiro atoms. The number of hydrogen-bond donors (Lipinski definition) is 0. The average Bonchev–Trinajstić information content (AvgIpc) is 2.99. The summed E-state index contributed by atoms with van der Waals surface area (Å²) in [7, 11) is 0. The lowest BCUT2D eigenvalue weighted by Gasteiger charge is -2.37. The van der Waals surface area contributed by atoms with Crippen molar-refractivity contribution in [2.75, 3.05) is 58.9 Å². The molecular weight excluding hydrogens is 489 g/mol. The third-order valence-corrected chi connectivity index (χ3v) is 7.80. The number of allylic oxidation sites excluding steroid dienone is 1. The van der Waals surface area contributed by atoms with Gasteiger partial charge in [0.1, 0.15) is 11.5 Å². The van der Waals surface area contributed by atoms with Crippen LogP contribution >= 0.6 is 0 Å². The van der Waals surface area contributed by atoms with Gasteiger partial charge in [0.2, 0.25) is 0 Å². The van der Waals surface area contributed by atoms with Crippen molar-refractivity contribution in [3.8, 4) is 0 Å². The van der Waals surface area contributed by atoms with E-state index in [1.54, 1.807) is 0 Å². The fraction of sp³-hybridized carbons (Fsp3) is 0.375. The summed E-state index contributed by atoms with van der Waals surface area (Å²) in [6.07, 6.45) is 5.00. The van der Waals surface area contributed by atoms with Crippen LogP contribution in [0.2, 0.25) is 0 Å². The fourth-order valence-electron chi connectivity index (χ4n) is 5.47. The first-order chi connectivity index (χ1) is 19.1. The molecule has 3 aromatic rings. The summed E-state index contributed by atoms with van der Waals surface area (Å²) in [6.45, 7) is 10.9. The number of nitrogens with zero attached hydrogens (tertiary/aromatic N) is 5. The van der Waals surface area contributed by atoms with Crippen LogP contribution in [0.4, 0.5) is 4.39 Å². The highest BCUT2D eigenvalue weighted by molar-refractivity contribution is 5.92. The molecule has 0 aliphatic carbocycles. The van der Waals surface area contributed by atoms with Gasteiger partial charge in [0.05, 0.1) is 0 Å². The zero-order chi connectivity index (χ0) is 27.0. The van der Waals surface area contributed by atoms with Crippen LogP contribution in [0.1, 0.15) is 34.1 Å². The Morgan fingerprint density at radius 2 is 1.46 bits per heavy atom. The predicted octanol–water partition coefficient (Wildman–Crippen LogP) is 4.40. The lowest BCUT2D eigenvalue weighted by Crippen LogP contribution is -2.49. The van der Waals surface area contributed by atoms with Crippen LogP contribution in [0, 0.1) is 5.82 Å². The van der Waals surface area contributed by atoms with Crippen molar-refractivity contribution < 1.29 is 9.18 Å². The molecule has 1 aromatic heterocycles. The molecule has 0 unspecified atom stereocenters. The van der Waals surface area contributed by atoms with Gasteiger partial charge in [-0.25, -0.2) is 4.39 Å². The molecule has 0 atom stereocenters. The molecule has 5 rings (SSSR count). The second-order valence-corrected chi connectivity index (χ2v) is 10.4. The Morgan fingerprint density at radius 1 is 0.795 bits per heavy atom. The lowest BCUT2D eigenvalue weighted by atomic mass is 10.1. The highest BCUT2D eigenvalue weighted by Crippen LogP contribution is 2.22. The van der Waals surface area contributed by atoms with E-state index >= 15 is 0 Å². The summed E-state index contributed by atoms with van der Waals surface area (Å²) in [5.74, 6) is -0.180. The Morgan fingerprint density at radius 3 is 2.10 bits per heavy atom. The highest BCUT2D eigenvalue weighted by atomic mass is 19.1. The SMILES string of the molecule is C/C=C(\c1ccc(C(=O)N2CCN(CCc3ccccc3)CC2)nc1)N1CCN(Cc2ccc(F)cc2)CC1. The van der Waals surface area contributed by atoms with E-state index < -0.39 is 0 Å². The molecule has 3 heterocycles. The van der Waals surface area contributed by atoms with Crippen molar-refractivity contribution in [2.45, 2.75) is 19.9 Å². The molecule has 2 fully saturated rings. The Bertz CT molecular complexity index is 1230. The van der Waals surface area contributed by atoms with Crippen LogP contribution in [-0.2, 0) is 13.0 Å². The van der Waals surface area contributed by atoms with E-state index in [1.807, 2.05) is 41.4 Å². The third kappa shape index (κ3) is 7.11. The quantitative estimate of drug-likeness (QED) is 0.435. The fourth-order valence-corrected chi connectivity index (χ4v) is 5.47. The van der Waals surface area contributed by atoms with E-state index in [0.29, 0.717) is 5.69 Å². The summed E-state index contributed by atoms with van der Waals surface area (Å²) in [5, 5.41) is 0. The van der Waals surface area contributed by atoms with Crippen LogP contribution in [0.25, 0.3) is 5.70 Å². The minimum Gasteiger partial charge on any atom is -0.369 e. The van der Waals surface area contributed by atoms with Crippen molar-refractivity contribution in [3.63, 3.8) is 0 Å². The maximum Gasteiger partial charge on any atom is 0.272 e. The van der Waals surface area contributed by atoms with Gasteiger partial charge >= 0.3 is 0 Å². The second-order valence-electron chi connectivity index (χ2n) is 10.4. The summed E-state index contributed by atoms with van der Waals surface area (Å²) in [4.78, 5) is 26.9. The summed E-state index contributed by atoms with van der Waals surface area (Å²) in [6, 6.07) is 21.2. The summed E-state index contributed by atoms with van der Waals surface area (Å²) >= 11 is 0. The molecule has 39 heavy (non-hydrogen) atoms. The van der Waals surface area contributed by atoms with Crippen LogP contribution in [-0.4, -0.2) is 89.4 Å². The zero-order valence-corrected chi connectivity index (χ0v) is 22.8. The Labute approximate surface area is 231 Å². The van der Waals surface area contributed by atoms with E-state index in [9.17, 15) is 9.18 Å². The molecule has 0 N–H and O–H groups in total. The molecule has 0 bridgehead atoms. The molecule has 2 aliphatic heterocycles. The van der Waals surface area contributed by atoms with E-state index in [-0.39, 0.29) is 11.7 Å². The number of carbonyl (C=O) groups is 1. The van der Waals surface area contributed by atoms with E-state index in [1.165, 1.54) is 17.7 Å². The molecule has 204 valence electrons. The molecule has 0 radical (unpaired) electrons. The van der Waals surface area contributed by atoms with Gasteiger partial charge in [-0.2, -0.15) is 0 Å². The normalized spacial score (nSPS) is 17.4. The number of hydrogen-bond acceptors (Lipinski definition) is 5. The molecule has 0 saturated carbocycles. The van der Waals surface area contributed by atoms with Gasteiger partial charge in [-0.3, -0.25) is 19.6 Å². The largest absolute Gasteiger partial charge is 0.369 e. The van der Waals surface area contributed by atoms with Gasteiger partial charge in [-0.05, 0) is 48.7 Å². The van der Waals surface area contributed by atoms with Gasteiger partial charge in [-0.15, -0.1) is 0 Å². The average molecular weight is 528 g/mol. The van der Waals surface area contributed by atoms with Crippen molar-refractivity contribution in [3.05, 3.63) is 107 Å². The van der Waals surface area contributed by atoms with Crippen molar-refractivity contribution in [2.24, 2.45) is 0 Å². The van der Waals surface area contributed by atoms with Crippen LogP contribution in [0.15, 0.2) is 79.0 Å². The number of piperazine rings is 2. The van der Waals surface area contributed by atoms with Gasteiger partial charge < -0.3 is 9.80 Å². The maximum absolute atomic E-state index is 13.2. The zero-order valence-electron chi connectivity index (χ0n) is 22.8. The first kappa shape index (κ1) is 27.0. The summed E-state index contributed by atoms with van der Waals surface area (Å²) in [5.41, 5.74) is 5.18. The molecule has 7 heteroatoms. The Hall–Kier alpha value is -3.55. The highest BCUT2D eigenvalue weighted by Gasteiger charge is 2.24. The summed E-state index contributed by atoms with van der Waals surface area (Å²) < 4.78 is 13.2. The number of benzene rings is 2. The van der Waals surface area contributed by atoms with Crippen LogP contribution < -0.4 is 0 Å². The first-order valence-electron chi connectivity index (χ1n) is 14.0. The Kier molecular flexibility index (Phi) is 9.01. The number of halogens is 1.